The van der Waals surface area contributed by atoms with Crippen molar-refractivity contribution in [3.8, 4) is 0 Å². The fraction of sp³-hybridized carbons (Fsp3) is 0.235. The fourth-order valence-electron chi connectivity index (χ4n) is 2.09. The van der Waals surface area contributed by atoms with E-state index in [1.54, 1.807) is 6.07 Å². The van der Waals surface area contributed by atoms with Crippen LogP contribution in [-0.2, 0) is 6.42 Å². The summed E-state index contributed by atoms with van der Waals surface area (Å²) in [6, 6.07) is 13.3. The molecule has 0 aliphatic heterocycles. The molecule has 1 nitrogen and oxygen atoms in total. The Kier molecular flexibility index (Phi) is 4.39. The third-order valence-corrected chi connectivity index (χ3v) is 3.69. The second-order valence-electron chi connectivity index (χ2n) is 4.71. The van der Waals surface area contributed by atoms with Gasteiger partial charge in [0.05, 0.1) is 5.02 Å². The minimum atomic E-state index is -0.0169. The molecule has 98 valence electrons. The molecule has 0 bridgehead atoms. The Morgan fingerprint density at radius 3 is 2.42 bits per heavy atom. The van der Waals surface area contributed by atoms with Crippen molar-refractivity contribution in [2.45, 2.75) is 26.7 Å². The van der Waals surface area contributed by atoms with Gasteiger partial charge in [0.15, 0.2) is 5.78 Å². The highest BCUT2D eigenvalue weighted by Crippen LogP contribution is 2.23. The molecule has 0 aliphatic carbocycles. The number of benzene rings is 2. The van der Waals surface area contributed by atoms with Crippen LogP contribution in [0.5, 0.6) is 0 Å². The van der Waals surface area contributed by atoms with Crippen LogP contribution in [0.4, 0.5) is 0 Å². The summed E-state index contributed by atoms with van der Waals surface area (Å²) in [5.74, 6) is -0.0169. The molecule has 0 N–H and O–H groups in total. The molecular formula is C17H17ClO. The summed E-state index contributed by atoms with van der Waals surface area (Å²) >= 11 is 6.20. The molecule has 0 saturated carbocycles. The number of carbonyl (C=O) groups is 1. The van der Waals surface area contributed by atoms with Crippen LogP contribution in [0.15, 0.2) is 42.5 Å². The highest BCUT2D eigenvalue weighted by molar-refractivity contribution is 6.35. The maximum Gasteiger partial charge on any atom is 0.194 e. The van der Waals surface area contributed by atoms with Gasteiger partial charge in [0, 0.05) is 11.1 Å². The van der Waals surface area contributed by atoms with Crippen LogP contribution in [0.2, 0.25) is 5.02 Å². The summed E-state index contributed by atoms with van der Waals surface area (Å²) in [4.78, 5) is 12.4. The third-order valence-electron chi connectivity index (χ3n) is 3.19. The first-order valence-electron chi connectivity index (χ1n) is 6.52. The lowest BCUT2D eigenvalue weighted by molar-refractivity contribution is 0.103. The van der Waals surface area contributed by atoms with E-state index in [9.17, 15) is 4.79 Å². The lowest BCUT2D eigenvalue weighted by Crippen LogP contribution is -2.03. The number of carbonyl (C=O) groups excluding carboxylic acids is 1. The van der Waals surface area contributed by atoms with Crippen molar-refractivity contribution in [2.24, 2.45) is 0 Å². The zero-order valence-corrected chi connectivity index (χ0v) is 12.0. The predicted octanol–water partition coefficient (Wildman–Crippen LogP) is 4.83. The molecule has 0 unspecified atom stereocenters. The Labute approximate surface area is 119 Å². The zero-order chi connectivity index (χ0) is 13.8. The second kappa shape index (κ2) is 6.03. The summed E-state index contributed by atoms with van der Waals surface area (Å²) < 4.78 is 0. The van der Waals surface area contributed by atoms with E-state index < -0.39 is 0 Å². The molecule has 0 heterocycles. The number of aryl methyl sites for hydroxylation is 2. The maximum atomic E-state index is 12.4. The van der Waals surface area contributed by atoms with E-state index in [-0.39, 0.29) is 5.78 Å². The van der Waals surface area contributed by atoms with Crippen LogP contribution in [-0.4, -0.2) is 5.78 Å². The van der Waals surface area contributed by atoms with Gasteiger partial charge in [-0.2, -0.15) is 0 Å². The summed E-state index contributed by atoms with van der Waals surface area (Å²) in [5, 5.41) is 0.546. The van der Waals surface area contributed by atoms with Crippen LogP contribution in [0, 0.1) is 6.92 Å². The van der Waals surface area contributed by atoms with Gasteiger partial charge in [-0.25, -0.2) is 0 Å². The predicted molar refractivity (Wildman–Crippen MR) is 80.1 cm³/mol. The van der Waals surface area contributed by atoms with Crippen LogP contribution in [0.25, 0.3) is 0 Å². The molecule has 0 atom stereocenters. The molecule has 2 aromatic rings. The van der Waals surface area contributed by atoms with Gasteiger partial charge in [0.1, 0.15) is 0 Å². The summed E-state index contributed by atoms with van der Waals surface area (Å²) in [5.41, 5.74) is 3.45. The first-order chi connectivity index (χ1) is 9.13. The molecular weight excluding hydrogens is 256 g/mol. The van der Waals surface area contributed by atoms with Gasteiger partial charge in [-0.15, -0.1) is 0 Å². The molecule has 0 spiro atoms. The van der Waals surface area contributed by atoms with E-state index in [4.69, 9.17) is 11.6 Å². The number of rotatable bonds is 4. The number of hydrogen-bond acceptors (Lipinski definition) is 1. The molecule has 0 amide bonds. The van der Waals surface area contributed by atoms with Crippen molar-refractivity contribution in [1.29, 1.82) is 0 Å². The zero-order valence-electron chi connectivity index (χ0n) is 11.2. The van der Waals surface area contributed by atoms with Gasteiger partial charge in [-0.1, -0.05) is 61.3 Å². The van der Waals surface area contributed by atoms with E-state index in [1.165, 1.54) is 5.56 Å². The second-order valence-corrected chi connectivity index (χ2v) is 5.09. The van der Waals surface area contributed by atoms with Gasteiger partial charge >= 0.3 is 0 Å². The molecule has 2 rings (SSSR count). The molecule has 0 aliphatic rings. The van der Waals surface area contributed by atoms with Crippen molar-refractivity contribution >= 4 is 17.4 Å². The highest BCUT2D eigenvalue weighted by Gasteiger charge is 2.13. The van der Waals surface area contributed by atoms with Crippen LogP contribution >= 0.6 is 11.6 Å². The fourth-order valence-corrected chi connectivity index (χ4v) is 2.30. The van der Waals surface area contributed by atoms with Crippen LogP contribution in [0.1, 0.15) is 40.4 Å². The minimum Gasteiger partial charge on any atom is -0.289 e. The lowest BCUT2D eigenvalue weighted by atomic mass is 9.99. The van der Waals surface area contributed by atoms with E-state index in [0.29, 0.717) is 16.1 Å². The van der Waals surface area contributed by atoms with Gasteiger partial charge in [0.2, 0.25) is 0 Å². The molecule has 0 radical (unpaired) electrons. The average molecular weight is 273 g/mol. The molecule has 0 aromatic heterocycles. The van der Waals surface area contributed by atoms with Gasteiger partial charge in [0.25, 0.3) is 0 Å². The van der Waals surface area contributed by atoms with Crippen molar-refractivity contribution in [1.82, 2.24) is 0 Å². The summed E-state index contributed by atoms with van der Waals surface area (Å²) in [6.07, 6.45) is 2.15. The third kappa shape index (κ3) is 3.05. The smallest absolute Gasteiger partial charge is 0.194 e. The van der Waals surface area contributed by atoms with Crippen LogP contribution in [0.3, 0.4) is 0 Å². The quantitative estimate of drug-likeness (QED) is 0.729. The Hall–Kier alpha value is -1.60. The molecule has 19 heavy (non-hydrogen) atoms. The van der Waals surface area contributed by atoms with Gasteiger partial charge in [-0.3, -0.25) is 4.79 Å². The largest absolute Gasteiger partial charge is 0.289 e. The Morgan fingerprint density at radius 2 is 1.79 bits per heavy atom. The van der Waals surface area contributed by atoms with Crippen molar-refractivity contribution in [3.05, 3.63) is 69.7 Å². The Balaban J connectivity index is 2.31. The van der Waals surface area contributed by atoms with Crippen molar-refractivity contribution in [2.75, 3.05) is 0 Å². The SMILES string of the molecule is CCCc1ccc(C(=O)c2cccc(C)c2Cl)cc1. The Morgan fingerprint density at radius 1 is 1.11 bits per heavy atom. The van der Waals surface area contributed by atoms with Crippen molar-refractivity contribution in [3.63, 3.8) is 0 Å². The molecule has 0 fully saturated rings. The number of halogens is 1. The number of hydrogen-bond donors (Lipinski definition) is 0. The summed E-state index contributed by atoms with van der Waals surface area (Å²) in [7, 11) is 0. The van der Waals surface area contributed by atoms with Gasteiger partial charge in [-0.05, 0) is 30.5 Å². The normalized spacial score (nSPS) is 10.5. The summed E-state index contributed by atoms with van der Waals surface area (Å²) in [6.45, 7) is 4.05. The average Bonchev–Trinajstić information content (AvgIpc) is 2.42. The van der Waals surface area contributed by atoms with Crippen LogP contribution < -0.4 is 0 Å². The van der Waals surface area contributed by atoms with E-state index >= 15 is 0 Å². The maximum absolute atomic E-state index is 12.4. The molecule has 2 heteroatoms. The van der Waals surface area contributed by atoms with Gasteiger partial charge < -0.3 is 0 Å². The first kappa shape index (κ1) is 13.8. The highest BCUT2D eigenvalue weighted by atomic mass is 35.5. The molecule has 0 saturated heterocycles. The van der Waals surface area contributed by atoms with E-state index in [0.717, 1.165) is 18.4 Å². The number of ketones is 1. The lowest BCUT2D eigenvalue weighted by Gasteiger charge is -2.07. The topological polar surface area (TPSA) is 17.1 Å². The first-order valence-corrected chi connectivity index (χ1v) is 6.90. The molecule has 2 aromatic carbocycles. The van der Waals surface area contributed by atoms with Crippen molar-refractivity contribution < 1.29 is 4.79 Å². The standard InChI is InChI=1S/C17H17ClO/c1-3-5-13-8-10-14(11-9-13)17(19)15-7-4-6-12(2)16(15)18/h4,6-11H,3,5H2,1-2H3. The van der Waals surface area contributed by atoms with E-state index in [1.807, 2.05) is 43.3 Å². The monoisotopic (exact) mass is 272 g/mol. The minimum absolute atomic E-state index is 0.0169. The Bertz CT molecular complexity index is 585. The van der Waals surface area contributed by atoms with E-state index in [2.05, 4.69) is 6.92 Å².